The van der Waals surface area contributed by atoms with Crippen molar-refractivity contribution in [2.45, 2.75) is 39.7 Å². The van der Waals surface area contributed by atoms with Gasteiger partial charge in [-0.2, -0.15) is 0 Å². The molecule has 0 aliphatic carbocycles. The van der Waals surface area contributed by atoms with Crippen molar-refractivity contribution in [3.63, 3.8) is 0 Å². The second-order valence-corrected chi connectivity index (χ2v) is 5.00. The average Bonchev–Trinajstić information content (AvgIpc) is 2.80. The number of imidazole rings is 1. The van der Waals surface area contributed by atoms with Gasteiger partial charge in [-0.1, -0.05) is 13.8 Å². The van der Waals surface area contributed by atoms with Crippen LogP contribution < -0.4 is 0 Å². The van der Waals surface area contributed by atoms with Crippen LogP contribution in [0.3, 0.4) is 0 Å². The van der Waals surface area contributed by atoms with Crippen molar-refractivity contribution in [3.8, 4) is 0 Å². The Morgan fingerprint density at radius 2 is 1.95 bits per heavy atom. The van der Waals surface area contributed by atoms with Crippen molar-refractivity contribution in [2.24, 2.45) is 0 Å². The fourth-order valence-electron chi connectivity index (χ4n) is 2.45. The van der Waals surface area contributed by atoms with Crippen molar-refractivity contribution in [1.29, 1.82) is 0 Å². The number of halogens is 1. The molecule has 1 heterocycles. The molecule has 19 heavy (non-hydrogen) atoms. The standard InChI is InChI=1S/C15H22FN3/c1-4-8-19(9-5-2)11(3)15-17-13-7-6-12(16)10-14(13)18-15/h6-7,10-11H,4-5,8-9H2,1-3H3,(H,17,18). The second-order valence-electron chi connectivity index (χ2n) is 5.00. The van der Waals surface area contributed by atoms with Gasteiger partial charge in [-0.3, -0.25) is 4.90 Å². The van der Waals surface area contributed by atoms with E-state index in [0.29, 0.717) is 0 Å². The first-order valence-corrected chi connectivity index (χ1v) is 7.05. The predicted molar refractivity (Wildman–Crippen MR) is 76.6 cm³/mol. The van der Waals surface area contributed by atoms with Crippen molar-refractivity contribution in [3.05, 3.63) is 29.8 Å². The molecule has 0 spiro atoms. The normalized spacial score (nSPS) is 13.3. The van der Waals surface area contributed by atoms with E-state index >= 15 is 0 Å². The molecule has 1 aromatic heterocycles. The Balaban J connectivity index is 2.26. The highest BCUT2D eigenvalue weighted by Gasteiger charge is 2.17. The number of rotatable bonds is 6. The van der Waals surface area contributed by atoms with Gasteiger partial charge in [0, 0.05) is 0 Å². The highest BCUT2D eigenvalue weighted by atomic mass is 19.1. The maximum atomic E-state index is 13.2. The van der Waals surface area contributed by atoms with Crippen molar-refractivity contribution < 1.29 is 4.39 Å². The maximum Gasteiger partial charge on any atom is 0.125 e. The van der Waals surface area contributed by atoms with Gasteiger partial charge >= 0.3 is 0 Å². The summed E-state index contributed by atoms with van der Waals surface area (Å²) in [7, 11) is 0. The lowest BCUT2D eigenvalue weighted by Crippen LogP contribution is -2.29. The number of hydrogen-bond donors (Lipinski definition) is 1. The summed E-state index contributed by atoms with van der Waals surface area (Å²) in [4.78, 5) is 10.2. The Hall–Kier alpha value is -1.42. The zero-order chi connectivity index (χ0) is 13.8. The lowest BCUT2D eigenvalue weighted by atomic mass is 10.2. The molecule has 0 saturated heterocycles. The summed E-state index contributed by atoms with van der Waals surface area (Å²) in [5, 5.41) is 0. The SMILES string of the molecule is CCCN(CCC)C(C)c1nc2ccc(F)cc2[nH]1. The fourth-order valence-corrected chi connectivity index (χ4v) is 2.45. The number of aromatic amines is 1. The van der Waals surface area contributed by atoms with Crippen LogP contribution in [0.4, 0.5) is 4.39 Å². The molecule has 4 heteroatoms. The van der Waals surface area contributed by atoms with E-state index in [1.165, 1.54) is 12.1 Å². The Bertz CT molecular complexity index is 529. The molecule has 0 aliphatic rings. The molecule has 2 rings (SSSR count). The van der Waals surface area contributed by atoms with E-state index in [9.17, 15) is 4.39 Å². The minimum Gasteiger partial charge on any atom is -0.341 e. The minimum absolute atomic E-state index is 0.227. The molecule has 2 aromatic rings. The molecule has 0 fully saturated rings. The highest BCUT2D eigenvalue weighted by molar-refractivity contribution is 5.75. The molecule has 0 radical (unpaired) electrons. The van der Waals surface area contributed by atoms with Crippen LogP contribution in [-0.2, 0) is 0 Å². The topological polar surface area (TPSA) is 31.9 Å². The average molecular weight is 263 g/mol. The summed E-state index contributed by atoms with van der Waals surface area (Å²) in [5.74, 6) is 0.692. The van der Waals surface area contributed by atoms with Gasteiger partial charge in [0.05, 0.1) is 17.1 Å². The number of nitrogens with one attached hydrogen (secondary N) is 1. The predicted octanol–water partition coefficient (Wildman–Crippen LogP) is 3.89. The zero-order valence-electron chi connectivity index (χ0n) is 11.9. The highest BCUT2D eigenvalue weighted by Crippen LogP contribution is 2.21. The first-order valence-electron chi connectivity index (χ1n) is 7.05. The molecule has 1 unspecified atom stereocenters. The lowest BCUT2D eigenvalue weighted by molar-refractivity contribution is 0.205. The van der Waals surface area contributed by atoms with E-state index in [1.54, 1.807) is 6.07 Å². The number of aromatic nitrogens is 2. The number of H-pyrrole nitrogens is 1. The summed E-state index contributed by atoms with van der Waals surface area (Å²) < 4.78 is 13.2. The number of nitrogens with zero attached hydrogens (tertiary/aromatic N) is 2. The van der Waals surface area contributed by atoms with Gasteiger partial charge in [-0.15, -0.1) is 0 Å². The van der Waals surface area contributed by atoms with Gasteiger partial charge in [0.2, 0.25) is 0 Å². The molecular weight excluding hydrogens is 241 g/mol. The van der Waals surface area contributed by atoms with Crippen molar-refractivity contribution in [1.82, 2.24) is 14.9 Å². The van der Waals surface area contributed by atoms with Gasteiger partial charge in [-0.05, 0) is 51.1 Å². The molecule has 0 aliphatic heterocycles. The van der Waals surface area contributed by atoms with Gasteiger partial charge in [0.1, 0.15) is 11.6 Å². The molecule has 0 saturated carbocycles. The van der Waals surface area contributed by atoms with E-state index in [2.05, 4.69) is 35.6 Å². The lowest BCUT2D eigenvalue weighted by Gasteiger charge is -2.26. The Morgan fingerprint density at radius 1 is 1.26 bits per heavy atom. The van der Waals surface area contributed by atoms with E-state index in [4.69, 9.17) is 0 Å². The van der Waals surface area contributed by atoms with E-state index in [-0.39, 0.29) is 11.9 Å². The molecule has 1 atom stereocenters. The molecule has 0 amide bonds. The summed E-state index contributed by atoms with van der Waals surface area (Å²) in [6, 6.07) is 4.91. The molecule has 3 nitrogen and oxygen atoms in total. The molecule has 1 N–H and O–H groups in total. The second kappa shape index (κ2) is 6.15. The maximum absolute atomic E-state index is 13.2. The van der Waals surface area contributed by atoms with Gasteiger partial charge < -0.3 is 4.98 Å². The van der Waals surface area contributed by atoms with E-state index in [0.717, 1.165) is 42.8 Å². The van der Waals surface area contributed by atoms with Crippen LogP contribution >= 0.6 is 0 Å². The summed E-state index contributed by atoms with van der Waals surface area (Å²) in [6.45, 7) is 8.63. The van der Waals surface area contributed by atoms with Crippen LogP contribution in [0.5, 0.6) is 0 Å². The van der Waals surface area contributed by atoms with E-state index in [1.807, 2.05) is 0 Å². The van der Waals surface area contributed by atoms with Crippen LogP contribution in [0.1, 0.15) is 45.5 Å². The smallest absolute Gasteiger partial charge is 0.125 e. The molecular formula is C15H22FN3. The van der Waals surface area contributed by atoms with Crippen LogP contribution in [0.25, 0.3) is 11.0 Å². The van der Waals surface area contributed by atoms with Crippen molar-refractivity contribution >= 4 is 11.0 Å². The fraction of sp³-hybridized carbons (Fsp3) is 0.533. The first kappa shape index (κ1) is 14.0. The first-order chi connectivity index (χ1) is 9.15. The third-order valence-electron chi connectivity index (χ3n) is 3.43. The monoisotopic (exact) mass is 263 g/mol. The summed E-state index contributed by atoms with van der Waals surface area (Å²) in [6.07, 6.45) is 2.25. The Labute approximate surface area is 113 Å². The Kier molecular flexibility index (Phi) is 4.53. The van der Waals surface area contributed by atoms with Crippen LogP contribution in [0.15, 0.2) is 18.2 Å². The van der Waals surface area contributed by atoms with Gasteiger partial charge in [0.15, 0.2) is 0 Å². The van der Waals surface area contributed by atoms with Crippen LogP contribution in [0, 0.1) is 5.82 Å². The number of benzene rings is 1. The molecule has 1 aromatic carbocycles. The van der Waals surface area contributed by atoms with E-state index < -0.39 is 0 Å². The third kappa shape index (κ3) is 3.13. The zero-order valence-corrected chi connectivity index (χ0v) is 11.9. The Morgan fingerprint density at radius 3 is 2.58 bits per heavy atom. The summed E-state index contributed by atoms with van der Waals surface area (Å²) in [5.41, 5.74) is 1.60. The third-order valence-corrected chi connectivity index (χ3v) is 3.43. The van der Waals surface area contributed by atoms with Gasteiger partial charge in [0.25, 0.3) is 0 Å². The number of fused-ring (bicyclic) bond motifs is 1. The molecule has 104 valence electrons. The minimum atomic E-state index is -0.227. The van der Waals surface area contributed by atoms with Crippen LogP contribution in [0.2, 0.25) is 0 Å². The van der Waals surface area contributed by atoms with Crippen LogP contribution in [-0.4, -0.2) is 28.0 Å². The summed E-state index contributed by atoms with van der Waals surface area (Å²) >= 11 is 0. The quantitative estimate of drug-likeness (QED) is 0.857. The largest absolute Gasteiger partial charge is 0.341 e. The van der Waals surface area contributed by atoms with Crippen molar-refractivity contribution in [2.75, 3.05) is 13.1 Å². The number of hydrogen-bond acceptors (Lipinski definition) is 2. The van der Waals surface area contributed by atoms with Gasteiger partial charge in [-0.25, -0.2) is 9.37 Å². The molecule has 0 bridgehead atoms.